The molecule has 2 aliphatic rings. The Kier molecular flexibility index (Phi) is 8.76. The topological polar surface area (TPSA) is 102 Å². The first kappa shape index (κ1) is 24.0. The van der Waals surface area contributed by atoms with E-state index in [0.29, 0.717) is 62.3 Å². The van der Waals surface area contributed by atoms with Gasteiger partial charge in [0.05, 0.1) is 38.5 Å². The fourth-order valence-electron chi connectivity index (χ4n) is 4.05. The van der Waals surface area contributed by atoms with E-state index in [1.165, 1.54) is 0 Å². The zero-order chi connectivity index (χ0) is 23.6. The second kappa shape index (κ2) is 12.4. The third-order valence-corrected chi connectivity index (χ3v) is 5.91. The van der Waals surface area contributed by atoms with Gasteiger partial charge in [-0.3, -0.25) is 9.98 Å². The summed E-state index contributed by atoms with van der Waals surface area (Å²) in [6, 6.07) is 10.7. The third-order valence-electron chi connectivity index (χ3n) is 5.91. The lowest BCUT2D eigenvalue weighted by molar-refractivity contribution is 0.0269. The van der Waals surface area contributed by atoms with Crippen LogP contribution in [0.2, 0.25) is 0 Å². The smallest absolute Gasteiger partial charge is 0.166 e. The number of nitrogens with zero attached hydrogens (tertiary/aromatic N) is 2. The molecule has 1 heterocycles. The molecular formula is C26H32N2O6. The van der Waals surface area contributed by atoms with Crippen molar-refractivity contribution in [1.29, 1.82) is 0 Å². The number of fused-ring (bicyclic) bond motifs is 5. The van der Waals surface area contributed by atoms with E-state index in [1.807, 2.05) is 24.3 Å². The maximum absolute atomic E-state index is 10.6. The lowest BCUT2D eigenvalue weighted by Gasteiger charge is -2.25. The highest BCUT2D eigenvalue weighted by molar-refractivity contribution is 5.86. The van der Waals surface area contributed by atoms with E-state index in [2.05, 4.69) is 0 Å². The Balaban J connectivity index is 1.56. The summed E-state index contributed by atoms with van der Waals surface area (Å²) in [4.78, 5) is 9.53. The molecule has 0 amide bonds. The van der Waals surface area contributed by atoms with Gasteiger partial charge in [0, 0.05) is 23.6 Å². The van der Waals surface area contributed by atoms with Crippen molar-refractivity contribution >= 4 is 12.4 Å². The first-order chi connectivity index (χ1) is 16.7. The molecular weight excluding hydrogens is 436 g/mol. The number of rotatable bonds is 0. The van der Waals surface area contributed by atoms with Crippen LogP contribution in [-0.4, -0.2) is 74.4 Å². The van der Waals surface area contributed by atoms with E-state index < -0.39 is 0 Å². The lowest BCUT2D eigenvalue weighted by atomic mass is 9.91. The van der Waals surface area contributed by atoms with Gasteiger partial charge in [-0.25, -0.2) is 0 Å². The summed E-state index contributed by atoms with van der Waals surface area (Å²) in [5.74, 6) is 0.928. The van der Waals surface area contributed by atoms with Crippen molar-refractivity contribution in [2.75, 3.05) is 39.6 Å². The van der Waals surface area contributed by atoms with Crippen LogP contribution in [0.25, 0.3) is 0 Å². The highest BCUT2D eigenvalue weighted by Crippen LogP contribution is 2.31. The van der Waals surface area contributed by atoms with Gasteiger partial charge in [-0.2, -0.15) is 0 Å². The minimum Gasteiger partial charge on any atom is -0.504 e. The number of hydrogen-bond donors (Lipinski definition) is 2. The van der Waals surface area contributed by atoms with Gasteiger partial charge < -0.3 is 29.2 Å². The van der Waals surface area contributed by atoms with Crippen molar-refractivity contribution in [3.63, 3.8) is 0 Å². The third kappa shape index (κ3) is 6.48. The lowest BCUT2D eigenvalue weighted by Crippen LogP contribution is -2.27. The molecule has 4 rings (SSSR count). The molecule has 1 fully saturated rings. The Labute approximate surface area is 199 Å². The number of aliphatic imine (C=N–C) groups is 2. The minimum atomic E-state index is -0.000966. The summed E-state index contributed by atoms with van der Waals surface area (Å²) in [6.07, 6.45) is 7.41. The number of ether oxygens (including phenoxy) is 4. The minimum absolute atomic E-state index is 0.000966. The molecule has 0 radical (unpaired) electrons. The van der Waals surface area contributed by atoms with Gasteiger partial charge in [0.15, 0.2) is 23.0 Å². The van der Waals surface area contributed by atoms with E-state index in [9.17, 15) is 10.2 Å². The Bertz CT molecular complexity index is 914. The summed E-state index contributed by atoms with van der Waals surface area (Å²) in [7, 11) is 0. The molecule has 0 spiro atoms. The molecule has 2 aromatic rings. The van der Waals surface area contributed by atoms with E-state index in [0.717, 1.165) is 25.7 Å². The van der Waals surface area contributed by atoms with Crippen molar-refractivity contribution in [1.82, 2.24) is 0 Å². The number of benzene rings is 2. The van der Waals surface area contributed by atoms with Gasteiger partial charge in [0.25, 0.3) is 0 Å². The van der Waals surface area contributed by atoms with E-state index in [4.69, 9.17) is 28.9 Å². The molecule has 0 saturated heterocycles. The second-order valence-corrected chi connectivity index (χ2v) is 8.29. The Morgan fingerprint density at radius 1 is 0.618 bits per heavy atom. The van der Waals surface area contributed by atoms with Crippen LogP contribution in [0.4, 0.5) is 0 Å². The molecule has 1 aliphatic heterocycles. The molecule has 2 N–H and O–H groups in total. The SMILES string of the molecule is Oc1c2cccc1OCCOCCOCCOc1cccc(c1O)C=NC1CCCCC1N=C2. The number of para-hydroxylation sites is 2. The molecule has 182 valence electrons. The Morgan fingerprint density at radius 3 is 1.53 bits per heavy atom. The quantitative estimate of drug-likeness (QED) is 0.611. The van der Waals surface area contributed by atoms with Crippen LogP contribution in [0.3, 0.4) is 0 Å². The van der Waals surface area contributed by atoms with E-state index in [1.54, 1.807) is 24.6 Å². The monoisotopic (exact) mass is 468 g/mol. The summed E-state index contributed by atoms with van der Waals surface area (Å²) in [6.45, 7) is 2.21. The average Bonchev–Trinajstić information content (AvgIpc) is 2.85. The standard InChI is InChI=1S/C26H32N2O6/c29-25-19-5-3-9-23(25)33-15-13-31-11-12-32-14-16-34-24-10-4-6-20(26(24)30)18-28-22-8-2-1-7-21(22)27-17-19/h3-6,9-10,17-18,21-22,29-30H,1-2,7-8,11-16H2. The molecule has 2 atom stereocenters. The molecule has 0 aromatic heterocycles. The number of phenols is 2. The predicted octanol–water partition coefficient (Wildman–Crippen LogP) is 3.75. The largest absolute Gasteiger partial charge is 0.504 e. The second-order valence-electron chi connectivity index (χ2n) is 8.29. The van der Waals surface area contributed by atoms with Crippen molar-refractivity contribution < 1.29 is 29.2 Å². The van der Waals surface area contributed by atoms with Crippen molar-refractivity contribution in [3.8, 4) is 23.0 Å². The normalized spacial score (nSPS) is 22.4. The molecule has 34 heavy (non-hydrogen) atoms. The molecule has 4 bridgehead atoms. The van der Waals surface area contributed by atoms with Gasteiger partial charge in [-0.05, 0) is 37.1 Å². The van der Waals surface area contributed by atoms with Gasteiger partial charge in [-0.15, -0.1) is 0 Å². The fourth-order valence-corrected chi connectivity index (χ4v) is 4.05. The number of aromatic hydroxyl groups is 2. The van der Waals surface area contributed by atoms with Crippen LogP contribution in [0.1, 0.15) is 36.8 Å². The molecule has 8 heteroatoms. The highest BCUT2D eigenvalue weighted by atomic mass is 16.6. The zero-order valence-electron chi connectivity index (χ0n) is 19.3. The first-order valence-electron chi connectivity index (χ1n) is 11.8. The summed E-state index contributed by atoms with van der Waals surface area (Å²) in [5, 5.41) is 21.3. The van der Waals surface area contributed by atoms with E-state index >= 15 is 0 Å². The van der Waals surface area contributed by atoms with Crippen LogP contribution in [0, 0.1) is 0 Å². The van der Waals surface area contributed by atoms with Gasteiger partial charge in [0.1, 0.15) is 13.2 Å². The van der Waals surface area contributed by atoms with Crippen LogP contribution in [-0.2, 0) is 9.47 Å². The fraction of sp³-hybridized carbons (Fsp3) is 0.462. The van der Waals surface area contributed by atoms with Crippen LogP contribution in [0.15, 0.2) is 46.4 Å². The zero-order valence-corrected chi connectivity index (χ0v) is 19.3. The highest BCUT2D eigenvalue weighted by Gasteiger charge is 2.23. The van der Waals surface area contributed by atoms with Crippen molar-refractivity contribution in [2.24, 2.45) is 9.98 Å². The maximum atomic E-state index is 10.6. The number of phenolic OH excluding ortho intramolecular Hbond substituents is 2. The molecule has 8 nitrogen and oxygen atoms in total. The van der Waals surface area contributed by atoms with E-state index in [-0.39, 0.29) is 23.6 Å². The molecule has 1 saturated carbocycles. The van der Waals surface area contributed by atoms with Crippen LogP contribution in [0.5, 0.6) is 23.0 Å². The van der Waals surface area contributed by atoms with Crippen LogP contribution >= 0.6 is 0 Å². The summed E-state index contributed by atoms with van der Waals surface area (Å²) < 4.78 is 22.4. The molecule has 2 aromatic carbocycles. The van der Waals surface area contributed by atoms with Gasteiger partial charge in [0.2, 0.25) is 0 Å². The van der Waals surface area contributed by atoms with Crippen LogP contribution < -0.4 is 9.47 Å². The predicted molar refractivity (Wildman–Crippen MR) is 130 cm³/mol. The summed E-state index contributed by atoms with van der Waals surface area (Å²) >= 11 is 0. The summed E-state index contributed by atoms with van der Waals surface area (Å²) in [5.41, 5.74) is 1.20. The first-order valence-corrected chi connectivity index (χ1v) is 11.8. The maximum Gasteiger partial charge on any atom is 0.166 e. The Hall–Kier alpha value is -3.10. The molecule has 1 aliphatic carbocycles. The Morgan fingerprint density at radius 2 is 1.06 bits per heavy atom. The average molecular weight is 469 g/mol. The van der Waals surface area contributed by atoms with Crippen molar-refractivity contribution in [3.05, 3.63) is 47.5 Å². The van der Waals surface area contributed by atoms with Gasteiger partial charge >= 0.3 is 0 Å². The molecule has 2 unspecified atom stereocenters. The van der Waals surface area contributed by atoms with Crippen molar-refractivity contribution in [2.45, 2.75) is 37.8 Å². The number of hydrogen-bond acceptors (Lipinski definition) is 8. The van der Waals surface area contributed by atoms with Gasteiger partial charge in [-0.1, -0.05) is 25.0 Å².